The van der Waals surface area contributed by atoms with Gasteiger partial charge in [0.25, 0.3) is 5.91 Å². The van der Waals surface area contributed by atoms with Crippen molar-refractivity contribution in [1.82, 2.24) is 19.9 Å². The van der Waals surface area contributed by atoms with E-state index in [4.69, 9.17) is 15.6 Å². The van der Waals surface area contributed by atoms with Crippen LogP contribution in [0.2, 0.25) is 0 Å². The van der Waals surface area contributed by atoms with Gasteiger partial charge >= 0.3 is 0 Å². The molecule has 0 aliphatic rings. The van der Waals surface area contributed by atoms with Gasteiger partial charge in [-0.05, 0) is 48.4 Å². The van der Waals surface area contributed by atoms with Crippen molar-refractivity contribution in [1.29, 1.82) is 5.41 Å². The van der Waals surface area contributed by atoms with E-state index in [0.717, 1.165) is 48.2 Å². The van der Waals surface area contributed by atoms with E-state index in [1.54, 1.807) is 22.7 Å². The smallest absolute Gasteiger partial charge is 0.267 e. The zero-order chi connectivity index (χ0) is 22.1. The maximum absolute atomic E-state index is 11.3. The standard InChI is InChI=1S/C24H27N5O2/c1-2-28(18-25)15-6-16-29-22-12-9-20(11-14-24(30)27-31)17-21(22)26-23(29)13-10-19-7-4-3-5-8-19/h2-5,7-9,11-12,14,17-18,25,31H,1,6,10,13,15-16H2,(H,27,30). The van der Waals surface area contributed by atoms with E-state index in [1.165, 1.54) is 18.0 Å². The number of rotatable bonds is 11. The van der Waals surface area contributed by atoms with Crippen LogP contribution in [0.25, 0.3) is 17.1 Å². The predicted octanol–water partition coefficient (Wildman–Crippen LogP) is 3.78. The number of benzene rings is 2. The lowest BCUT2D eigenvalue weighted by Crippen LogP contribution is -2.17. The van der Waals surface area contributed by atoms with Crippen LogP contribution in [0.1, 0.15) is 23.4 Å². The second-order valence-electron chi connectivity index (χ2n) is 7.13. The first-order chi connectivity index (χ1) is 15.1. The monoisotopic (exact) mass is 417 g/mol. The van der Waals surface area contributed by atoms with Crippen LogP contribution in [-0.2, 0) is 24.2 Å². The van der Waals surface area contributed by atoms with Gasteiger partial charge in [-0.15, -0.1) is 0 Å². The summed E-state index contributed by atoms with van der Waals surface area (Å²) in [7, 11) is 0. The molecule has 0 unspecified atom stereocenters. The Morgan fingerprint density at radius 3 is 2.74 bits per heavy atom. The van der Waals surface area contributed by atoms with Gasteiger partial charge < -0.3 is 9.47 Å². The Kier molecular flexibility index (Phi) is 7.73. The molecule has 1 heterocycles. The first-order valence-corrected chi connectivity index (χ1v) is 10.2. The summed E-state index contributed by atoms with van der Waals surface area (Å²) in [6.45, 7) is 5.22. The Morgan fingerprint density at radius 2 is 2.03 bits per heavy atom. The van der Waals surface area contributed by atoms with Crippen molar-refractivity contribution in [2.75, 3.05) is 6.54 Å². The summed E-state index contributed by atoms with van der Waals surface area (Å²) >= 11 is 0. The largest absolute Gasteiger partial charge is 0.340 e. The summed E-state index contributed by atoms with van der Waals surface area (Å²) in [4.78, 5) is 17.9. The second-order valence-corrected chi connectivity index (χ2v) is 7.13. The lowest BCUT2D eigenvalue weighted by molar-refractivity contribution is -0.124. The molecule has 3 N–H and O–H groups in total. The molecule has 160 valence electrons. The summed E-state index contributed by atoms with van der Waals surface area (Å²) in [6, 6.07) is 16.2. The minimum Gasteiger partial charge on any atom is -0.340 e. The summed E-state index contributed by atoms with van der Waals surface area (Å²) < 4.78 is 2.23. The zero-order valence-electron chi connectivity index (χ0n) is 17.4. The number of imidazole rings is 1. The van der Waals surface area contributed by atoms with Crippen molar-refractivity contribution in [3.63, 3.8) is 0 Å². The van der Waals surface area contributed by atoms with Gasteiger partial charge in [-0.25, -0.2) is 10.5 Å². The lowest BCUT2D eigenvalue weighted by atomic mass is 10.1. The Hall–Kier alpha value is -3.71. The van der Waals surface area contributed by atoms with E-state index >= 15 is 0 Å². The van der Waals surface area contributed by atoms with Crippen molar-refractivity contribution in [3.8, 4) is 0 Å². The van der Waals surface area contributed by atoms with Gasteiger partial charge in [0.05, 0.1) is 17.4 Å². The van der Waals surface area contributed by atoms with Crippen LogP contribution in [0.3, 0.4) is 0 Å². The molecule has 0 aliphatic carbocycles. The summed E-state index contributed by atoms with van der Waals surface area (Å²) in [5, 5.41) is 16.1. The number of nitrogens with zero attached hydrogens (tertiary/aromatic N) is 3. The number of hydrogen-bond donors (Lipinski definition) is 3. The maximum atomic E-state index is 11.3. The highest BCUT2D eigenvalue weighted by Gasteiger charge is 2.12. The minimum atomic E-state index is -0.577. The highest BCUT2D eigenvalue weighted by Crippen LogP contribution is 2.21. The molecule has 0 fully saturated rings. The van der Waals surface area contributed by atoms with E-state index in [1.807, 2.05) is 36.4 Å². The molecule has 0 bridgehead atoms. The molecule has 2 aromatic carbocycles. The fraction of sp³-hybridized carbons (Fsp3) is 0.208. The number of hydrogen-bond acceptors (Lipinski definition) is 4. The van der Waals surface area contributed by atoms with E-state index in [2.05, 4.69) is 23.3 Å². The average Bonchev–Trinajstić information content (AvgIpc) is 3.16. The van der Waals surface area contributed by atoms with Gasteiger partial charge in [0.1, 0.15) is 5.82 Å². The van der Waals surface area contributed by atoms with Crippen molar-refractivity contribution in [3.05, 3.63) is 84.3 Å². The number of carbonyl (C=O) groups excluding carboxylic acids is 1. The summed E-state index contributed by atoms with van der Waals surface area (Å²) in [5.74, 6) is 0.431. The highest BCUT2D eigenvalue weighted by atomic mass is 16.5. The highest BCUT2D eigenvalue weighted by molar-refractivity contribution is 5.91. The molecule has 0 saturated heterocycles. The van der Waals surface area contributed by atoms with Crippen LogP contribution >= 0.6 is 0 Å². The van der Waals surface area contributed by atoms with Crippen molar-refractivity contribution < 1.29 is 10.0 Å². The molecule has 0 radical (unpaired) electrons. The molecule has 1 aromatic heterocycles. The third kappa shape index (κ3) is 5.90. The van der Waals surface area contributed by atoms with E-state index in [-0.39, 0.29) is 0 Å². The lowest BCUT2D eigenvalue weighted by Gasteiger charge is -2.14. The Labute approximate surface area is 181 Å². The number of aryl methyl sites for hydroxylation is 3. The van der Waals surface area contributed by atoms with Gasteiger partial charge in [0, 0.05) is 25.6 Å². The van der Waals surface area contributed by atoms with E-state index in [9.17, 15) is 4.79 Å². The van der Waals surface area contributed by atoms with E-state index in [0.29, 0.717) is 6.54 Å². The Morgan fingerprint density at radius 1 is 1.23 bits per heavy atom. The number of hydroxylamine groups is 1. The molecule has 1 amide bonds. The number of amides is 1. The third-order valence-corrected chi connectivity index (χ3v) is 5.07. The number of carbonyl (C=O) groups is 1. The molecule has 31 heavy (non-hydrogen) atoms. The molecule has 7 heteroatoms. The SMILES string of the molecule is C=CN(C=N)CCCn1c(CCc2ccccc2)nc2cc(C=CC(=O)NO)ccc21. The molecule has 3 aromatic rings. The molecule has 0 spiro atoms. The molecule has 0 aliphatic heterocycles. The first kappa shape index (κ1) is 22.0. The van der Waals surface area contributed by atoms with Gasteiger partial charge in [-0.2, -0.15) is 0 Å². The predicted molar refractivity (Wildman–Crippen MR) is 123 cm³/mol. The Balaban J connectivity index is 1.86. The minimum absolute atomic E-state index is 0.577. The van der Waals surface area contributed by atoms with Crippen LogP contribution in [0, 0.1) is 5.41 Å². The Bertz CT molecular complexity index is 1060. The molecule has 3 rings (SSSR count). The number of nitrogens with one attached hydrogen (secondary N) is 2. The van der Waals surface area contributed by atoms with Crippen LogP contribution in [0.4, 0.5) is 0 Å². The summed E-state index contributed by atoms with van der Waals surface area (Å²) in [5.41, 5.74) is 5.58. The molecular formula is C24H27N5O2. The molecular weight excluding hydrogens is 390 g/mol. The molecule has 0 atom stereocenters. The second kappa shape index (κ2) is 10.9. The first-order valence-electron chi connectivity index (χ1n) is 10.2. The fourth-order valence-corrected chi connectivity index (χ4v) is 3.47. The summed E-state index contributed by atoms with van der Waals surface area (Å²) in [6.07, 6.45) is 8.39. The topological polar surface area (TPSA) is 94.2 Å². The van der Waals surface area contributed by atoms with Crippen molar-refractivity contribution >= 4 is 29.4 Å². The van der Waals surface area contributed by atoms with Crippen LogP contribution in [0.15, 0.2) is 67.4 Å². The molecule has 7 nitrogen and oxygen atoms in total. The van der Waals surface area contributed by atoms with Crippen LogP contribution < -0.4 is 5.48 Å². The number of fused-ring (bicyclic) bond motifs is 1. The van der Waals surface area contributed by atoms with Crippen molar-refractivity contribution in [2.24, 2.45) is 0 Å². The van der Waals surface area contributed by atoms with Gasteiger partial charge in [0.15, 0.2) is 0 Å². The van der Waals surface area contributed by atoms with E-state index < -0.39 is 5.91 Å². The van der Waals surface area contributed by atoms with Gasteiger partial charge in [-0.1, -0.05) is 43.0 Å². The maximum Gasteiger partial charge on any atom is 0.267 e. The zero-order valence-corrected chi connectivity index (χ0v) is 17.4. The number of aromatic nitrogens is 2. The van der Waals surface area contributed by atoms with Crippen LogP contribution in [-0.4, -0.2) is 38.4 Å². The average molecular weight is 418 g/mol. The third-order valence-electron chi connectivity index (χ3n) is 5.07. The van der Waals surface area contributed by atoms with Gasteiger partial charge in [0.2, 0.25) is 0 Å². The molecule has 0 saturated carbocycles. The van der Waals surface area contributed by atoms with Crippen LogP contribution in [0.5, 0.6) is 0 Å². The fourth-order valence-electron chi connectivity index (χ4n) is 3.47. The quantitative estimate of drug-likeness (QED) is 0.145. The van der Waals surface area contributed by atoms with Crippen molar-refractivity contribution in [2.45, 2.75) is 25.8 Å². The van der Waals surface area contributed by atoms with Gasteiger partial charge in [-0.3, -0.25) is 15.4 Å². The normalized spacial score (nSPS) is 11.0.